The average molecular weight is 390 g/mol. The summed E-state index contributed by atoms with van der Waals surface area (Å²) in [7, 11) is 0. The number of carbonyl (C=O) groups is 1. The molecular weight excluding hydrogens is 364 g/mol. The van der Waals surface area contributed by atoms with Gasteiger partial charge in [-0.2, -0.15) is 0 Å². The zero-order chi connectivity index (χ0) is 21.0. The molecule has 0 aliphatic rings. The molecule has 0 bridgehead atoms. The predicted molar refractivity (Wildman–Crippen MR) is 116 cm³/mol. The molecule has 0 fully saturated rings. The molecule has 0 saturated carbocycles. The number of amides is 1. The maximum absolute atomic E-state index is 12.8. The summed E-state index contributed by atoms with van der Waals surface area (Å²) < 4.78 is 5.83. The maximum atomic E-state index is 12.8. The second-order valence-electron chi connectivity index (χ2n) is 7.28. The Kier molecular flexibility index (Phi) is 6.12. The van der Waals surface area contributed by atoms with Crippen molar-refractivity contribution in [3.8, 4) is 5.75 Å². The third-order valence-corrected chi connectivity index (χ3v) is 4.22. The summed E-state index contributed by atoms with van der Waals surface area (Å²) in [4.78, 5) is 21.6. The molecule has 29 heavy (non-hydrogen) atoms. The lowest BCUT2D eigenvalue weighted by molar-refractivity contribution is 0.102. The van der Waals surface area contributed by atoms with Gasteiger partial charge in [0.2, 0.25) is 5.95 Å². The number of hydrogen-bond acceptors (Lipinski definition) is 5. The summed E-state index contributed by atoms with van der Waals surface area (Å²) in [5, 5.41) is 6.11. The highest BCUT2D eigenvalue weighted by Gasteiger charge is 2.14. The van der Waals surface area contributed by atoms with Crippen molar-refractivity contribution in [2.24, 2.45) is 0 Å². The van der Waals surface area contributed by atoms with Gasteiger partial charge in [-0.15, -0.1) is 0 Å². The second kappa shape index (κ2) is 8.73. The molecule has 2 N–H and O–H groups in total. The lowest BCUT2D eigenvalue weighted by Gasteiger charge is -2.15. The van der Waals surface area contributed by atoms with E-state index in [-0.39, 0.29) is 12.0 Å². The Balaban J connectivity index is 1.85. The molecule has 0 radical (unpaired) electrons. The molecule has 1 amide bonds. The van der Waals surface area contributed by atoms with Crippen molar-refractivity contribution >= 4 is 23.2 Å². The molecule has 1 heterocycles. The van der Waals surface area contributed by atoms with Gasteiger partial charge in [-0.25, -0.2) is 9.97 Å². The van der Waals surface area contributed by atoms with E-state index in [2.05, 4.69) is 20.6 Å². The number of hydrogen-bond donors (Lipinski definition) is 2. The smallest absolute Gasteiger partial charge is 0.274 e. The Bertz CT molecular complexity index is 1030. The lowest BCUT2D eigenvalue weighted by atomic mass is 10.1. The maximum Gasteiger partial charge on any atom is 0.274 e. The van der Waals surface area contributed by atoms with Crippen LogP contribution in [0.15, 0.2) is 48.5 Å². The second-order valence-corrected chi connectivity index (χ2v) is 7.28. The van der Waals surface area contributed by atoms with Crippen molar-refractivity contribution in [1.29, 1.82) is 0 Å². The number of ether oxygens (including phenoxy) is 1. The van der Waals surface area contributed by atoms with Crippen LogP contribution in [0.5, 0.6) is 5.75 Å². The number of nitrogens with zero attached hydrogens (tertiary/aromatic N) is 2. The SMILES string of the molecule is Cc1ccc(C)c(NC(=O)c2cc(C)nc(Nc3ccccc3OC(C)C)n2)c1. The fourth-order valence-corrected chi connectivity index (χ4v) is 2.84. The highest BCUT2D eigenvalue weighted by Crippen LogP contribution is 2.27. The number of benzene rings is 2. The Hall–Kier alpha value is -3.41. The van der Waals surface area contributed by atoms with E-state index < -0.39 is 0 Å². The van der Waals surface area contributed by atoms with E-state index in [4.69, 9.17) is 4.74 Å². The van der Waals surface area contributed by atoms with Gasteiger partial charge in [-0.1, -0.05) is 24.3 Å². The Morgan fingerprint density at radius 3 is 2.48 bits per heavy atom. The van der Waals surface area contributed by atoms with Crippen LogP contribution in [0.2, 0.25) is 0 Å². The summed E-state index contributed by atoms with van der Waals surface area (Å²) in [6, 6.07) is 15.2. The number of anilines is 3. The molecule has 0 spiro atoms. The number of aryl methyl sites for hydroxylation is 3. The van der Waals surface area contributed by atoms with E-state index in [1.54, 1.807) is 6.07 Å². The number of rotatable bonds is 6. The van der Waals surface area contributed by atoms with Crippen LogP contribution in [-0.2, 0) is 0 Å². The molecular formula is C23H26N4O2. The average Bonchev–Trinajstić information content (AvgIpc) is 2.65. The molecule has 3 rings (SSSR count). The number of carbonyl (C=O) groups excluding carboxylic acids is 1. The molecule has 3 aromatic rings. The molecule has 0 atom stereocenters. The summed E-state index contributed by atoms with van der Waals surface area (Å²) in [5.74, 6) is 0.767. The highest BCUT2D eigenvalue weighted by atomic mass is 16.5. The predicted octanol–water partition coefficient (Wildman–Crippen LogP) is 5.18. The monoisotopic (exact) mass is 390 g/mol. The van der Waals surface area contributed by atoms with Crippen molar-refractivity contribution < 1.29 is 9.53 Å². The fraction of sp³-hybridized carbons (Fsp3) is 0.261. The number of para-hydroxylation sites is 2. The van der Waals surface area contributed by atoms with Crippen LogP contribution in [0.4, 0.5) is 17.3 Å². The molecule has 0 aliphatic heterocycles. The van der Waals surface area contributed by atoms with Gasteiger partial charge in [0, 0.05) is 11.4 Å². The van der Waals surface area contributed by atoms with Gasteiger partial charge < -0.3 is 15.4 Å². The zero-order valence-electron chi connectivity index (χ0n) is 17.4. The van der Waals surface area contributed by atoms with E-state index in [0.29, 0.717) is 23.1 Å². The van der Waals surface area contributed by atoms with E-state index >= 15 is 0 Å². The topological polar surface area (TPSA) is 76.1 Å². The summed E-state index contributed by atoms with van der Waals surface area (Å²) in [6.07, 6.45) is 0.0373. The first-order valence-electron chi connectivity index (χ1n) is 9.59. The molecule has 0 aliphatic carbocycles. The minimum atomic E-state index is -0.279. The first kappa shape index (κ1) is 20.3. The van der Waals surface area contributed by atoms with Crippen molar-refractivity contribution in [2.75, 3.05) is 10.6 Å². The van der Waals surface area contributed by atoms with Crippen LogP contribution in [0.3, 0.4) is 0 Å². The van der Waals surface area contributed by atoms with Crippen LogP contribution < -0.4 is 15.4 Å². The third-order valence-electron chi connectivity index (χ3n) is 4.22. The van der Waals surface area contributed by atoms with Gasteiger partial charge >= 0.3 is 0 Å². The normalized spacial score (nSPS) is 10.7. The molecule has 0 unspecified atom stereocenters. The van der Waals surface area contributed by atoms with Crippen molar-refractivity contribution in [2.45, 2.75) is 40.7 Å². The largest absolute Gasteiger partial charge is 0.489 e. The van der Waals surface area contributed by atoms with Crippen LogP contribution >= 0.6 is 0 Å². The molecule has 6 nitrogen and oxygen atoms in total. The van der Waals surface area contributed by atoms with Gasteiger partial charge in [-0.05, 0) is 70.0 Å². The van der Waals surface area contributed by atoms with Crippen molar-refractivity contribution in [3.63, 3.8) is 0 Å². The Morgan fingerprint density at radius 1 is 0.966 bits per heavy atom. The Labute approximate surface area is 171 Å². The highest BCUT2D eigenvalue weighted by molar-refractivity contribution is 6.03. The minimum absolute atomic E-state index is 0.0373. The molecule has 1 aromatic heterocycles. The van der Waals surface area contributed by atoms with Crippen molar-refractivity contribution in [1.82, 2.24) is 9.97 Å². The first-order chi connectivity index (χ1) is 13.8. The van der Waals surface area contributed by atoms with E-state index in [1.165, 1.54) is 0 Å². The summed E-state index contributed by atoms with van der Waals surface area (Å²) >= 11 is 0. The third kappa shape index (κ3) is 5.31. The molecule has 2 aromatic carbocycles. The van der Waals surface area contributed by atoms with Gasteiger partial charge in [0.05, 0.1) is 11.8 Å². The van der Waals surface area contributed by atoms with Crippen LogP contribution in [0.25, 0.3) is 0 Å². The quantitative estimate of drug-likeness (QED) is 0.606. The number of nitrogens with one attached hydrogen (secondary N) is 2. The van der Waals surface area contributed by atoms with Gasteiger partial charge in [0.1, 0.15) is 11.4 Å². The van der Waals surface area contributed by atoms with E-state index in [0.717, 1.165) is 22.5 Å². The zero-order valence-corrected chi connectivity index (χ0v) is 17.4. The van der Waals surface area contributed by atoms with Gasteiger partial charge in [0.25, 0.3) is 5.91 Å². The van der Waals surface area contributed by atoms with E-state index in [9.17, 15) is 4.79 Å². The Morgan fingerprint density at radius 2 is 1.72 bits per heavy atom. The van der Waals surface area contributed by atoms with Crippen LogP contribution in [0.1, 0.15) is 41.2 Å². The van der Waals surface area contributed by atoms with Crippen LogP contribution in [-0.4, -0.2) is 22.0 Å². The van der Waals surface area contributed by atoms with Crippen molar-refractivity contribution in [3.05, 3.63) is 71.0 Å². The molecule has 150 valence electrons. The minimum Gasteiger partial charge on any atom is -0.489 e. The van der Waals surface area contributed by atoms with Crippen LogP contribution in [0, 0.1) is 20.8 Å². The summed E-state index contributed by atoms with van der Waals surface area (Å²) in [6.45, 7) is 9.71. The summed E-state index contributed by atoms with van der Waals surface area (Å²) in [5.41, 5.74) is 4.57. The first-order valence-corrected chi connectivity index (χ1v) is 9.59. The number of aromatic nitrogens is 2. The van der Waals surface area contributed by atoms with E-state index in [1.807, 2.05) is 77.1 Å². The van der Waals surface area contributed by atoms with Gasteiger partial charge in [-0.3, -0.25) is 4.79 Å². The standard InChI is InChI=1S/C23H26N4O2/c1-14(2)29-21-9-7-6-8-18(21)26-23-24-17(5)13-20(27-23)22(28)25-19-12-15(3)10-11-16(19)4/h6-14H,1-5H3,(H,25,28)(H,24,26,27). The fourth-order valence-electron chi connectivity index (χ4n) is 2.84. The molecule has 6 heteroatoms. The molecule has 0 saturated heterocycles. The van der Waals surface area contributed by atoms with Gasteiger partial charge in [0.15, 0.2) is 0 Å². The lowest BCUT2D eigenvalue weighted by Crippen LogP contribution is -2.16.